The molecule has 0 spiro atoms. The number of nitrogens with one attached hydrogen (secondary N) is 2. The van der Waals surface area contributed by atoms with Crippen molar-refractivity contribution in [1.29, 1.82) is 0 Å². The Bertz CT molecular complexity index is 1310. The smallest absolute Gasteiger partial charge is 0.270 e. The highest BCUT2D eigenvalue weighted by atomic mass is 32.2. The number of benzene rings is 3. The molecule has 0 heterocycles. The first-order valence-corrected chi connectivity index (χ1v) is 12.5. The van der Waals surface area contributed by atoms with Gasteiger partial charge in [-0.1, -0.05) is 30.3 Å². The molecule has 3 aromatic carbocycles. The average Bonchev–Trinajstić information content (AvgIpc) is 2.83. The van der Waals surface area contributed by atoms with Gasteiger partial charge in [0.1, 0.15) is 0 Å². The van der Waals surface area contributed by atoms with Crippen LogP contribution in [-0.2, 0) is 23.1 Å². The number of anilines is 1. The molecular formula is C25H28N4O5S. The molecule has 35 heavy (non-hydrogen) atoms. The van der Waals surface area contributed by atoms with Crippen LogP contribution in [0.1, 0.15) is 35.3 Å². The van der Waals surface area contributed by atoms with Crippen molar-refractivity contribution in [2.45, 2.75) is 37.9 Å². The van der Waals surface area contributed by atoms with Crippen LogP contribution >= 0.6 is 0 Å². The fourth-order valence-corrected chi connectivity index (χ4v) is 4.38. The van der Waals surface area contributed by atoms with Crippen molar-refractivity contribution in [3.63, 3.8) is 0 Å². The highest BCUT2D eigenvalue weighted by Crippen LogP contribution is 2.21. The molecule has 0 fully saturated rings. The predicted molar refractivity (Wildman–Crippen MR) is 135 cm³/mol. The van der Waals surface area contributed by atoms with Gasteiger partial charge in [0.15, 0.2) is 0 Å². The number of non-ortho nitro benzene ring substituents is 1. The Morgan fingerprint density at radius 2 is 1.66 bits per heavy atom. The molecule has 0 aliphatic heterocycles. The first-order valence-electron chi connectivity index (χ1n) is 11.0. The highest BCUT2D eigenvalue weighted by Gasteiger charge is 2.18. The van der Waals surface area contributed by atoms with Gasteiger partial charge in [0, 0.05) is 42.5 Å². The summed E-state index contributed by atoms with van der Waals surface area (Å²) in [6.07, 6.45) is 0. The molecular weight excluding hydrogens is 468 g/mol. The van der Waals surface area contributed by atoms with E-state index in [1.54, 1.807) is 0 Å². The van der Waals surface area contributed by atoms with E-state index in [1.165, 1.54) is 42.5 Å². The monoisotopic (exact) mass is 496 g/mol. The minimum Gasteiger partial charge on any atom is -0.348 e. The summed E-state index contributed by atoms with van der Waals surface area (Å²) in [5, 5.41) is 13.8. The van der Waals surface area contributed by atoms with Crippen LogP contribution in [0.3, 0.4) is 0 Å². The van der Waals surface area contributed by atoms with Crippen molar-refractivity contribution >= 4 is 27.3 Å². The van der Waals surface area contributed by atoms with Gasteiger partial charge < -0.3 is 5.32 Å². The molecule has 0 saturated carbocycles. The average molecular weight is 497 g/mol. The molecule has 0 saturated heterocycles. The number of nitro groups is 1. The number of carbonyl (C=O) groups excluding carboxylic acids is 1. The number of hydrogen-bond acceptors (Lipinski definition) is 6. The SMILES string of the molecule is CC(C)N(C)Cc1ccccc1CNC(=O)c1ccc(NS(=O)(=O)c2cccc([N+](=O)[O-])c2)cc1. The maximum absolute atomic E-state index is 12.7. The lowest BCUT2D eigenvalue weighted by Crippen LogP contribution is -2.27. The van der Waals surface area contributed by atoms with Gasteiger partial charge in [0.05, 0.1) is 9.82 Å². The second-order valence-corrected chi connectivity index (χ2v) is 10.1. The van der Waals surface area contributed by atoms with Gasteiger partial charge in [-0.15, -0.1) is 0 Å². The van der Waals surface area contributed by atoms with E-state index in [9.17, 15) is 23.3 Å². The van der Waals surface area contributed by atoms with Crippen molar-refractivity contribution in [2.75, 3.05) is 11.8 Å². The van der Waals surface area contributed by atoms with Gasteiger partial charge in [0.25, 0.3) is 21.6 Å². The molecule has 0 radical (unpaired) electrons. The van der Waals surface area contributed by atoms with Gasteiger partial charge in [-0.25, -0.2) is 8.42 Å². The fourth-order valence-electron chi connectivity index (χ4n) is 3.28. The van der Waals surface area contributed by atoms with E-state index in [2.05, 4.69) is 35.8 Å². The van der Waals surface area contributed by atoms with Crippen molar-refractivity contribution in [1.82, 2.24) is 10.2 Å². The Hall–Kier alpha value is -3.76. The second kappa shape index (κ2) is 11.1. The van der Waals surface area contributed by atoms with Crippen LogP contribution in [0.15, 0.2) is 77.7 Å². The first-order chi connectivity index (χ1) is 16.6. The molecule has 0 atom stereocenters. The number of sulfonamides is 1. The van der Waals surface area contributed by atoms with Crippen molar-refractivity contribution < 1.29 is 18.1 Å². The van der Waals surface area contributed by atoms with Crippen LogP contribution in [-0.4, -0.2) is 37.2 Å². The van der Waals surface area contributed by atoms with Crippen molar-refractivity contribution in [3.8, 4) is 0 Å². The summed E-state index contributed by atoms with van der Waals surface area (Å²) < 4.78 is 27.5. The molecule has 0 aliphatic rings. The van der Waals surface area contributed by atoms with Crippen LogP contribution in [0.2, 0.25) is 0 Å². The zero-order valence-corrected chi connectivity index (χ0v) is 20.6. The first kappa shape index (κ1) is 25.9. The molecule has 0 aromatic heterocycles. The third-order valence-electron chi connectivity index (χ3n) is 5.60. The zero-order chi connectivity index (χ0) is 25.6. The molecule has 0 bridgehead atoms. The van der Waals surface area contributed by atoms with E-state index in [1.807, 2.05) is 24.3 Å². The van der Waals surface area contributed by atoms with Crippen LogP contribution in [0.4, 0.5) is 11.4 Å². The normalized spacial score (nSPS) is 11.5. The number of carbonyl (C=O) groups is 1. The van der Waals surface area contributed by atoms with E-state index in [-0.39, 0.29) is 22.2 Å². The third-order valence-corrected chi connectivity index (χ3v) is 6.98. The number of nitrogens with zero attached hydrogens (tertiary/aromatic N) is 2. The van der Waals surface area contributed by atoms with E-state index in [4.69, 9.17) is 0 Å². The van der Waals surface area contributed by atoms with Gasteiger partial charge in [-0.05, 0) is 62.4 Å². The lowest BCUT2D eigenvalue weighted by atomic mass is 10.1. The molecule has 3 rings (SSSR count). The largest absolute Gasteiger partial charge is 0.348 e. The minimum atomic E-state index is -4.03. The number of hydrogen-bond donors (Lipinski definition) is 2. The predicted octanol–water partition coefficient (Wildman–Crippen LogP) is 4.17. The maximum Gasteiger partial charge on any atom is 0.270 e. The highest BCUT2D eigenvalue weighted by molar-refractivity contribution is 7.92. The van der Waals surface area contributed by atoms with Crippen LogP contribution in [0, 0.1) is 10.1 Å². The summed E-state index contributed by atoms with van der Waals surface area (Å²) in [5.41, 5.74) is 2.44. The van der Waals surface area contributed by atoms with Crippen molar-refractivity contribution in [2.24, 2.45) is 0 Å². The molecule has 0 aliphatic carbocycles. The Balaban J connectivity index is 1.65. The van der Waals surface area contributed by atoms with Gasteiger partial charge >= 0.3 is 0 Å². The molecule has 1 amide bonds. The topological polar surface area (TPSA) is 122 Å². The molecule has 2 N–H and O–H groups in total. The third kappa shape index (κ3) is 6.87. The van der Waals surface area contributed by atoms with Gasteiger partial charge in [0.2, 0.25) is 0 Å². The molecule has 9 nitrogen and oxygen atoms in total. The summed E-state index contributed by atoms with van der Waals surface area (Å²) in [4.78, 5) is 24.9. The zero-order valence-electron chi connectivity index (χ0n) is 19.8. The van der Waals surface area contributed by atoms with Crippen LogP contribution < -0.4 is 10.0 Å². The lowest BCUT2D eigenvalue weighted by Gasteiger charge is -2.22. The van der Waals surface area contributed by atoms with E-state index in [0.717, 1.165) is 23.7 Å². The molecule has 184 valence electrons. The number of amides is 1. The Labute approximate surface area is 205 Å². The Kier molecular flexibility index (Phi) is 8.21. The Morgan fingerprint density at radius 1 is 1.00 bits per heavy atom. The summed E-state index contributed by atoms with van der Waals surface area (Å²) >= 11 is 0. The van der Waals surface area contributed by atoms with E-state index >= 15 is 0 Å². The van der Waals surface area contributed by atoms with E-state index in [0.29, 0.717) is 18.2 Å². The summed E-state index contributed by atoms with van der Waals surface area (Å²) in [5.74, 6) is -0.287. The van der Waals surface area contributed by atoms with Crippen LogP contribution in [0.25, 0.3) is 0 Å². The van der Waals surface area contributed by atoms with E-state index < -0.39 is 14.9 Å². The van der Waals surface area contributed by atoms with Crippen LogP contribution in [0.5, 0.6) is 0 Å². The molecule has 0 unspecified atom stereocenters. The summed E-state index contributed by atoms with van der Waals surface area (Å²) in [6, 6.07) is 19.1. The fraction of sp³-hybridized carbons (Fsp3) is 0.240. The second-order valence-electron chi connectivity index (χ2n) is 8.40. The van der Waals surface area contributed by atoms with Gasteiger partial charge in [-0.2, -0.15) is 0 Å². The molecule has 3 aromatic rings. The summed E-state index contributed by atoms with van der Waals surface area (Å²) in [7, 11) is -1.98. The minimum absolute atomic E-state index is 0.227. The standard InChI is InChI=1S/C25H28N4O5S/c1-18(2)28(3)17-21-8-5-4-7-20(21)16-26-25(30)19-11-13-22(14-12-19)27-35(33,34)24-10-6-9-23(15-24)29(31)32/h4-15,18,27H,16-17H2,1-3H3,(H,26,30). The lowest BCUT2D eigenvalue weighted by molar-refractivity contribution is -0.385. The van der Waals surface area contributed by atoms with Crippen molar-refractivity contribution in [3.05, 3.63) is 99.6 Å². The number of rotatable bonds is 10. The maximum atomic E-state index is 12.7. The Morgan fingerprint density at radius 3 is 2.29 bits per heavy atom. The quantitative estimate of drug-likeness (QED) is 0.321. The molecule has 10 heteroatoms. The summed E-state index contributed by atoms with van der Waals surface area (Å²) in [6.45, 7) is 5.38. The van der Waals surface area contributed by atoms with Gasteiger partial charge in [-0.3, -0.25) is 24.5 Å². The number of nitro benzene ring substituents is 1.